The number of hydrogen-bond donors (Lipinski definition) is 1. The van der Waals surface area contributed by atoms with Gasteiger partial charge in [0.05, 0.1) is 26.1 Å². The minimum absolute atomic E-state index is 0.0328. The van der Waals surface area contributed by atoms with Crippen LogP contribution in [-0.4, -0.2) is 45.6 Å². The number of unbranched alkanes of at least 4 members (excludes halogenated alkanes) is 2. The predicted molar refractivity (Wildman–Crippen MR) is 148 cm³/mol. The molecule has 0 fully saturated rings. The lowest BCUT2D eigenvalue weighted by Crippen LogP contribution is -2.14. The number of benzene rings is 2. The van der Waals surface area contributed by atoms with E-state index >= 15 is 0 Å². The molecule has 0 aliphatic heterocycles. The fourth-order valence-electron chi connectivity index (χ4n) is 3.72. The normalized spacial score (nSPS) is 11.7. The standard InChI is InChI=1S/C29H40O8S/c1-5-8-17-36-26-20-23(21-28(29(30)31)35-7-3)13-15-24(26)12-10-11-22-14-16-25(27(19-22)34-4)37-38(32,33)18-9-6-2/h13-16,19-21H,5-12,17-18H2,1-4H3,(H,30,31). The van der Waals surface area contributed by atoms with E-state index in [2.05, 4.69) is 6.92 Å². The molecule has 0 aromatic heterocycles. The largest absolute Gasteiger partial charge is 0.493 e. The van der Waals surface area contributed by atoms with Gasteiger partial charge in [0, 0.05) is 0 Å². The van der Waals surface area contributed by atoms with Crippen LogP contribution in [0, 0.1) is 0 Å². The van der Waals surface area contributed by atoms with E-state index < -0.39 is 16.1 Å². The van der Waals surface area contributed by atoms with Gasteiger partial charge in [0.2, 0.25) is 5.76 Å². The Hall–Kier alpha value is -3.20. The Morgan fingerprint density at radius 1 is 0.921 bits per heavy atom. The maximum Gasteiger partial charge on any atom is 0.371 e. The zero-order chi connectivity index (χ0) is 28.0. The summed E-state index contributed by atoms with van der Waals surface area (Å²) in [5.74, 6) is 0.0388. The minimum Gasteiger partial charge on any atom is -0.493 e. The molecule has 0 saturated carbocycles. The van der Waals surface area contributed by atoms with E-state index in [9.17, 15) is 18.3 Å². The summed E-state index contributed by atoms with van der Waals surface area (Å²) in [5.41, 5.74) is 2.72. The van der Waals surface area contributed by atoms with Gasteiger partial charge >= 0.3 is 16.1 Å². The number of carboxylic acid groups (broad SMARTS) is 1. The zero-order valence-electron chi connectivity index (χ0n) is 22.8. The van der Waals surface area contributed by atoms with E-state index in [4.69, 9.17) is 18.4 Å². The lowest BCUT2D eigenvalue weighted by molar-refractivity contribution is -0.136. The molecule has 0 spiro atoms. The van der Waals surface area contributed by atoms with Crippen LogP contribution in [0.4, 0.5) is 0 Å². The van der Waals surface area contributed by atoms with Gasteiger partial charge in [-0.25, -0.2) is 4.79 Å². The Morgan fingerprint density at radius 3 is 2.34 bits per heavy atom. The summed E-state index contributed by atoms with van der Waals surface area (Å²) in [6.45, 7) is 6.60. The number of carbonyl (C=O) groups is 1. The van der Waals surface area contributed by atoms with Crippen LogP contribution in [0.25, 0.3) is 6.08 Å². The average molecular weight is 549 g/mol. The maximum absolute atomic E-state index is 12.2. The van der Waals surface area contributed by atoms with Crippen molar-refractivity contribution < 1.29 is 36.7 Å². The number of aryl methyl sites for hydroxylation is 2. The molecule has 9 heteroatoms. The summed E-state index contributed by atoms with van der Waals surface area (Å²) in [4.78, 5) is 11.4. The topological polar surface area (TPSA) is 108 Å². The molecule has 8 nitrogen and oxygen atoms in total. The molecule has 0 radical (unpaired) electrons. The third-order valence-corrected chi connectivity index (χ3v) is 6.98. The first-order valence-corrected chi connectivity index (χ1v) is 14.7. The van der Waals surface area contributed by atoms with E-state index in [1.807, 2.05) is 31.2 Å². The van der Waals surface area contributed by atoms with Gasteiger partial charge < -0.3 is 23.5 Å². The summed E-state index contributed by atoms with van der Waals surface area (Å²) >= 11 is 0. The molecular formula is C29H40O8S. The fourth-order valence-corrected chi connectivity index (χ4v) is 4.86. The van der Waals surface area contributed by atoms with Crippen LogP contribution in [0.15, 0.2) is 42.2 Å². The van der Waals surface area contributed by atoms with Crippen LogP contribution in [0.5, 0.6) is 17.2 Å². The van der Waals surface area contributed by atoms with E-state index in [0.29, 0.717) is 24.3 Å². The first-order valence-electron chi connectivity index (χ1n) is 13.2. The van der Waals surface area contributed by atoms with Crippen LogP contribution in [0.1, 0.15) is 69.6 Å². The van der Waals surface area contributed by atoms with Crippen LogP contribution in [0.3, 0.4) is 0 Å². The molecule has 0 saturated heterocycles. The van der Waals surface area contributed by atoms with Crippen molar-refractivity contribution >= 4 is 22.2 Å². The summed E-state index contributed by atoms with van der Waals surface area (Å²) in [5, 5.41) is 9.36. The average Bonchev–Trinajstić information content (AvgIpc) is 2.89. The number of aliphatic carboxylic acids is 1. The van der Waals surface area contributed by atoms with E-state index in [0.717, 1.165) is 55.4 Å². The van der Waals surface area contributed by atoms with Crippen LogP contribution in [-0.2, 0) is 32.5 Å². The van der Waals surface area contributed by atoms with E-state index in [-0.39, 0.29) is 23.9 Å². The molecule has 0 amide bonds. The van der Waals surface area contributed by atoms with Crippen LogP contribution in [0.2, 0.25) is 0 Å². The van der Waals surface area contributed by atoms with Crippen LogP contribution < -0.4 is 13.7 Å². The second-order valence-electron chi connectivity index (χ2n) is 8.85. The SMILES string of the molecule is CCCCOc1cc(C=C(OCC)C(=O)O)ccc1CCCc1ccc(OS(=O)(=O)CCCC)c(OC)c1. The number of methoxy groups -OCH3 is 1. The lowest BCUT2D eigenvalue weighted by Gasteiger charge is -2.14. The van der Waals surface area contributed by atoms with Crippen molar-refractivity contribution in [3.8, 4) is 17.2 Å². The fraction of sp³-hybridized carbons (Fsp3) is 0.483. The molecule has 0 unspecified atom stereocenters. The summed E-state index contributed by atoms with van der Waals surface area (Å²) < 4.78 is 46.3. The van der Waals surface area contributed by atoms with E-state index in [1.54, 1.807) is 19.1 Å². The first kappa shape index (κ1) is 31.0. The van der Waals surface area contributed by atoms with Gasteiger partial charge in [0.1, 0.15) is 5.75 Å². The summed E-state index contributed by atoms with van der Waals surface area (Å²) in [7, 11) is -2.18. The molecule has 0 bridgehead atoms. The Balaban J connectivity index is 2.14. The molecule has 0 heterocycles. The van der Waals surface area contributed by atoms with Crippen molar-refractivity contribution in [1.29, 1.82) is 0 Å². The molecule has 0 aliphatic carbocycles. The maximum atomic E-state index is 12.2. The third-order valence-electron chi connectivity index (χ3n) is 5.76. The lowest BCUT2D eigenvalue weighted by atomic mass is 10.0. The Bertz CT molecular complexity index is 1170. The van der Waals surface area contributed by atoms with Gasteiger partial charge in [0.25, 0.3) is 0 Å². The van der Waals surface area contributed by atoms with Crippen molar-refractivity contribution in [2.75, 3.05) is 26.1 Å². The number of rotatable bonds is 18. The highest BCUT2D eigenvalue weighted by molar-refractivity contribution is 7.87. The molecule has 2 aromatic carbocycles. The van der Waals surface area contributed by atoms with Crippen molar-refractivity contribution in [1.82, 2.24) is 0 Å². The Morgan fingerprint density at radius 2 is 1.68 bits per heavy atom. The quantitative estimate of drug-likeness (QED) is 0.104. The molecule has 0 atom stereocenters. The van der Waals surface area contributed by atoms with Gasteiger partial charge in [-0.15, -0.1) is 0 Å². The Kier molecular flexibility index (Phi) is 13.0. The highest BCUT2D eigenvalue weighted by Crippen LogP contribution is 2.31. The van der Waals surface area contributed by atoms with Gasteiger partial charge in [-0.3, -0.25) is 0 Å². The van der Waals surface area contributed by atoms with Gasteiger partial charge in [-0.05, 0) is 80.0 Å². The molecule has 2 aromatic rings. The number of ether oxygens (including phenoxy) is 3. The highest BCUT2D eigenvalue weighted by atomic mass is 32.2. The van der Waals surface area contributed by atoms with Gasteiger partial charge in [0.15, 0.2) is 11.5 Å². The monoisotopic (exact) mass is 548 g/mol. The Labute approximate surface area is 226 Å². The third kappa shape index (κ3) is 10.3. The van der Waals surface area contributed by atoms with E-state index in [1.165, 1.54) is 13.2 Å². The summed E-state index contributed by atoms with van der Waals surface area (Å²) in [6.07, 6.45) is 7.03. The predicted octanol–water partition coefficient (Wildman–Crippen LogP) is 6.02. The molecule has 210 valence electrons. The molecule has 0 aliphatic rings. The molecule has 38 heavy (non-hydrogen) atoms. The second kappa shape index (κ2) is 15.9. The van der Waals surface area contributed by atoms with Gasteiger partial charge in [-0.2, -0.15) is 8.42 Å². The smallest absolute Gasteiger partial charge is 0.371 e. The second-order valence-corrected chi connectivity index (χ2v) is 10.5. The highest BCUT2D eigenvalue weighted by Gasteiger charge is 2.16. The van der Waals surface area contributed by atoms with Crippen molar-refractivity contribution in [3.63, 3.8) is 0 Å². The minimum atomic E-state index is -3.67. The van der Waals surface area contributed by atoms with Gasteiger partial charge in [-0.1, -0.05) is 44.9 Å². The van der Waals surface area contributed by atoms with Crippen molar-refractivity contribution in [2.24, 2.45) is 0 Å². The zero-order valence-corrected chi connectivity index (χ0v) is 23.6. The summed E-state index contributed by atoms with van der Waals surface area (Å²) in [6, 6.07) is 11.0. The molecule has 1 N–H and O–H groups in total. The van der Waals surface area contributed by atoms with Crippen LogP contribution >= 0.6 is 0 Å². The number of hydrogen-bond acceptors (Lipinski definition) is 7. The molecular weight excluding hydrogens is 508 g/mol. The molecule has 2 rings (SSSR count). The number of carboxylic acids is 1. The van der Waals surface area contributed by atoms with Crippen molar-refractivity contribution in [3.05, 3.63) is 58.8 Å². The first-order chi connectivity index (χ1) is 18.2. The van der Waals surface area contributed by atoms with Crippen molar-refractivity contribution in [2.45, 2.75) is 65.7 Å².